The first kappa shape index (κ1) is 18.5. The van der Waals surface area contributed by atoms with Gasteiger partial charge in [0, 0.05) is 18.7 Å². The molecule has 0 heterocycles. The molecule has 25 heavy (non-hydrogen) atoms. The first-order valence-electron chi connectivity index (χ1n) is 8.48. The van der Waals surface area contributed by atoms with E-state index < -0.39 is 0 Å². The van der Waals surface area contributed by atoms with E-state index in [-0.39, 0.29) is 18.4 Å². The Morgan fingerprint density at radius 3 is 2.36 bits per heavy atom. The Morgan fingerprint density at radius 2 is 1.68 bits per heavy atom. The molecule has 0 saturated heterocycles. The predicted octanol–water partition coefficient (Wildman–Crippen LogP) is 2.69. The van der Waals surface area contributed by atoms with Gasteiger partial charge in [-0.15, -0.1) is 0 Å². The Kier molecular flexibility index (Phi) is 7.01. The van der Waals surface area contributed by atoms with E-state index in [4.69, 9.17) is 4.74 Å². The molecule has 2 rings (SSSR count). The molecule has 0 aliphatic carbocycles. The van der Waals surface area contributed by atoms with Crippen LogP contribution in [0.25, 0.3) is 0 Å². The minimum Gasteiger partial charge on any atom is -0.483 e. The third-order valence-corrected chi connectivity index (χ3v) is 3.76. The van der Waals surface area contributed by atoms with E-state index in [1.807, 2.05) is 50.2 Å². The summed E-state index contributed by atoms with van der Waals surface area (Å²) in [4.78, 5) is 23.6. The summed E-state index contributed by atoms with van der Waals surface area (Å²) in [5.41, 5.74) is 2.61. The minimum atomic E-state index is -0.182. The molecule has 2 aromatic rings. The summed E-state index contributed by atoms with van der Waals surface area (Å²) in [6.45, 7) is 4.90. The summed E-state index contributed by atoms with van der Waals surface area (Å²) < 4.78 is 5.59. The lowest BCUT2D eigenvalue weighted by atomic mass is 10.1. The Hall–Kier alpha value is -2.82. The van der Waals surface area contributed by atoms with Crippen LogP contribution >= 0.6 is 0 Å². The van der Waals surface area contributed by atoms with Crippen LogP contribution in [0, 0.1) is 0 Å². The molecular weight excluding hydrogens is 316 g/mol. The second-order valence-electron chi connectivity index (χ2n) is 5.58. The average molecular weight is 340 g/mol. The summed E-state index contributed by atoms with van der Waals surface area (Å²) in [5.74, 6) is 0.464. The monoisotopic (exact) mass is 340 g/mol. The zero-order valence-electron chi connectivity index (χ0n) is 14.7. The van der Waals surface area contributed by atoms with E-state index in [1.54, 1.807) is 12.1 Å². The van der Waals surface area contributed by atoms with Crippen molar-refractivity contribution in [2.24, 2.45) is 0 Å². The highest BCUT2D eigenvalue weighted by Crippen LogP contribution is 2.17. The van der Waals surface area contributed by atoms with Crippen LogP contribution in [-0.4, -0.2) is 25.0 Å². The topological polar surface area (TPSA) is 67.4 Å². The molecule has 0 saturated carbocycles. The maximum Gasteiger partial charge on any atom is 0.258 e. The number of para-hydroxylation sites is 1. The van der Waals surface area contributed by atoms with Crippen molar-refractivity contribution in [2.75, 3.05) is 13.2 Å². The number of ether oxygens (including phenoxy) is 1. The van der Waals surface area contributed by atoms with Crippen molar-refractivity contribution in [1.82, 2.24) is 10.6 Å². The van der Waals surface area contributed by atoms with Crippen LogP contribution in [0.2, 0.25) is 0 Å². The van der Waals surface area contributed by atoms with E-state index >= 15 is 0 Å². The lowest BCUT2D eigenvalue weighted by Gasteiger charge is -2.10. The van der Waals surface area contributed by atoms with Gasteiger partial charge in [0.15, 0.2) is 6.61 Å². The van der Waals surface area contributed by atoms with Crippen molar-refractivity contribution >= 4 is 11.8 Å². The molecule has 0 radical (unpaired) electrons. The second kappa shape index (κ2) is 9.47. The zero-order chi connectivity index (χ0) is 18.1. The largest absolute Gasteiger partial charge is 0.483 e. The van der Waals surface area contributed by atoms with Gasteiger partial charge >= 0.3 is 0 Å². The molecule has 2 aromatic carbocycles. The van der Waals surface area contributed by atoms with Crippen LogP contribution < -0.4 is 15.4 Å². The molecule has 2 amide bonds. The van der Waals surface area contributed by atoms with Crippen LogP contribution in [0.3, 0.4) is 0 Å². The zero-order valence-corrected chi connectivity index (χ0v) is 14.7. The van der Waals surface area contributed by atoms with Crippen molar-refractivity contribution in [3.05, 3.63) is 65.2 Å². The first-order valence-corrected chi connectivity index (χ1v) is 8.48. The van der Waals surface area contributed by atoms with Gasteiger partial charge in [-0.25, -0.2) is 0 Å². The van der Waals surface area contributed by atoms with Crippen molar-refractivity contribution in [3.8, 4) is 5.75 Å². The molecule has 0 atom stereocenters. The van der Waals surface area contributed by atoms with Gasteiger partial charge in [-0.05, 0) is 42.7 Å². The van der Waals surface area contributed by atoms with Crippen molar-refractivity contribution in [2.45, 2.75) is 26.8 Å². The number of nitrogens with one attached hydrogen (secondary N) is 2. The summed E-state index contributed by atoms with van der Waals surface area (Å²) in [5, 5.41) is 5.56. The third kappa shape index (κ3) is 5.64. The number of benzene rings is 2. The van der Waals surface area contributed by atoms with Gasteiger partial charge in [-0.1, -0.05) is 37.3 Å². The summed E-state index contributed by atoms with van der Waals surface area (Å²) in [6, 6.07) is 14.9. The lowest BCUT2D eigenvalue weighted by Crippen LogP contribution is -2.28. The number of carbonyl (C=O) groups excluding carboxylic acids is 2. The molecular formula is C20H24N2O3. The fourth-order valence-corrected chi connectivity index (χ4v) is 2.37. The van der Waals surface area contributed by atoms with Gasteiger partial charge in [0.05, 0.1) is 0 Å². The number of aryl methyl sites for hydroxylation is 1. The van der Waals surface area contributed by atoms with Crippen molar-refractivity contribution in [1.29, 1.82) is 0 Å². The number of hydrogen-bond acceptors (Lipinski definition) is 3. The fourth-order valence-electron chi connectivity index (χ4n) is 2.37. The molecule has 0 spiro atoms. The first-order chi connectivity index (χ1) is 12.1. The lowest BCUT2D eigenvalue weighted by molar-refractivity contribution is -0.123. The van der Waals surface area contributed by atoms with Crippen LogP contribution in [0.1, 0.15) is 35.3 Å². The quantitative estimate of drug-likeness (QED) is 0.776. The van der Waals surface area contributed by atoms with Crippen molar-refractivity contribution in [3.63, 3.8) is 0 Å². The standard InChI is InChI=1S/C20H24N2O3/c1-3-16-7-5-6-8-18(16)25-14-19(23)22-13-15-9-11-17(12-10-15)20(24)21-4-2/h5-12H,3-4,13-14H2,1-2H3,(H,21,24)(H,22,23). The SMILES string of the molecule is CCNC(=O)c1ccc(CNC(=O)COc2ccccc2CC)cc1. The maximum absolute atomic E-state index is 11.9. The highest BCUT2D eigenvalue weighted by molar-refractivity contribution is 5.94. The number of hydrogen-bond donors (Lipinski definition) is 2. The Labute approximate surface area is 148 Å². The molecule has 0 unspecified atom stereocenters. The van der Waals surface area contributed by atoms with Crippen LogP contribution in [0.5, 0.6) is 5.75 Å². The van der Waals surface area contributed by atoms with E-state index in [1.165, 1.54) is 0 Å². The van der Waals surface area contributed by atoms with Gasteiger partial charge in [0.25, 0.3) is 11.8 Å². The van der Waals surface area contributed by atoms with Crippen LogP contribution in [0.4, 0.5) is 0 Å². The van der Waals surface area contributed by atoms with Crippen LogP contribution in [-0.2, 0) is 17.8 Å². The summed E-state index contributed by atoms with van der Waals surface area (Å²) >= 11 is 0. The number of rotatable bonds is 8. The highest BCUT2D eigenvalue weighted by atomic mass is 16.5. The van der Waals surface area contributed by atoms with Gasteiger partial charge in [-0.3, -0.25) is 9.59 Å². The molecule has 0 fully saturated rings. The second-order valence-corrected chi connectivity index (χ2v) is 5.58. The Bertz CT molecular complexity index is 711. The van der Waals surface area contributed by atoms with E-state index in [9.17, 15) is 9.59 Å². The molecule has 0 aromatic heterocycles. The molecule has 2 N–H and O–H groups in total. The molecule has 5 heteroatoms. The molecule has 0 aliphatic heterocycles. The van der Waals surface area contributed by atoms with E-state index in [0.29, 0.717) is 18.7 Å². The fraction of sp³-hybridized carbons (Fsp3) is 0.300. The average Bonchev–Trinajstić information content (AvgIpc) is 2.65. The highest BCUT2D eigenvalue weighted by Gasteiger charge is 2.07. The summed E-state index contributed by atoms with van der Waals surface area (Å²) in [7, 11) is 0. The van der Waals surface area contributed by atoms with Gasteiger partial charge in [0.2, 0.25) is 0 Å². The third-order valence-electron chi connectivity index (χ3n) is 3.76. The van der Waals surface area contributed by atoms with Gasteiger partial charge in [-0.2, -0.15) is 0 Å². The Balaban J connectivity index is 1.80. The molecule has 5 nitrogen and oxygen atoms in total. The van der Waals surface area contributed by atoms with Gasteiger partial charge < -0.3 is 15.4 Å². The van der Waals surface area contributed by atoms with E-state index in [0.717, 1.165) is 23.3 Å². The maximum atomic E-state index is 11.9. The molecule has 0 aliphatic rings. The molecule has 132 valence electrons. The minimum absolute atomic E-state index is 0.0198. The number of amides is 2. The normalized spacial score (nSPS) is 10.2. The van der Waals surface area contributed by atoms with Crippen LogP contribution in [0.15, 0.2) is 48.5 Å². The van der Waals surface area contributed by atoms with Gasteiger partial charge in [0.1, 0.15) is 5.75 Å². The smallest absolute Gasteiger partial charge is 0.258 e. The number of carbonyl (C=O) groups is 2. The summed E-state index contributed by atoms with van der Waals surface area (Å²) in [6.07, 6.45) is 0.857. The molecule has 0 bridgehead atoms. The van der Waals surface area contributed by atoms with Crippen molar-refractivity contribution < 1.29 is 14.3 Å². The Morgan fingerprint density at radius 1 is 0.960 bits per heavy atom. The van der Waals surface area contributed by atoms with E-state index in [2.05, 4.69) is 10.6 Å². The predicted molar refractivity (Wildman–Crippen MR) is 97.6 cm³/mol.